The van der Waals surface area contributed by atoms with Crippen LogP contribution in [-0.2, 0) is 4.74 Å². The van der Waals surface area contributed by atoms with E-state index in [1.165, 1.54) is 13.2 Å². The molecule has 23 heavy (non-hydrogen) atoms. The molecule has 3 aromatic rings. The van der Waals surface area contributed by atoms with Crippen molar-refractivity contribution in [1.29, 1.82) is 0 Å². The maximum atomic E-state index is 11.9. The van der Waals surface area contributed by atoms with Crippen molar-refractivity contribution in [2.75, 3.05) is 7.11 Å². The largest absolute Gasteiger partial charge is 0.476 e. The van der Waals surface area contributed by atoms with Gasteiger partial charge in [0.2, 0.25) is 0 Å². The number of aryl methyl sites for hydroxylation is 1. The quantitative estimate of drug-likeness (QED) is 0.752. The molecule has 2 heterocycles. The number of aromatic carboxylic acids is 1. The molecule has 0 amide bonds. The minimum atomic E-state index is -1.20. The number of rotatable bonds is 3. The Morgan fingerprint density at radius 1 is 1.17 bits per heavy atom. The number of pyridine rings is 1. The molecule has 0 atom stereocenters. The van der Waals surface area contributed by atoms with Crippen LogP contribution in [0.1, 0.15) is 26.4 Å². The van der Waals surface area contributed by atoms with Crippen LogP contribution in [0.2, 0.25) is 0 Å². The van der Waals surface area contributed by atoms with Gasteiger partial charge in [-0.05, 0) is 19.1 Å². The molecule has 0 aliphatic carbocycles. The van der Waals surface area contributed by atoms with Gasteiger partial charge < -0.3 is 9.84 Å². The van der Waals surface area contributed by atoms with Crippen LogP contribution >= 0.6 is 0 Å². The molecule has 6 heteroatoms. The summed E-state index contributed by atoms with van der Waals surface area (Å²) in [6.07, 6.45) is 1.68. The predicted octanol–water partition coefficient (Wildman–Crippen LogP) is 2.79. The molecule has 0 radical (unpaired) electrons. The van der Waals surface area contributed by atoms with Crippen LogP contribution in [0.15, 0.2) is 42.6 Å². The number of benzene rings is 1. The summed E-state index contributed by atoms with van der Waals surface area (Å²) in [6, 6.07) is 10.7. The van der Waals surface area contributed by atoms with Gasteiger partial charge in [-0.25, -0.2) is 14.6 Å². The number of methoxy groups -OCH3 is 1. The molecule has 0 fully saturated rings. The van der Waals surface area contributed by atoms with Crippen molar-refractivity contribution in [3.8, 4) is 11.4 Å². The molecule has 3 rings (SSSR count). The van der Waals surface area contributed by atoms with Crippen LogP contribution < -0.4 is 0 Å². The van der Waals surface area contributed by atoms with Crippen LogP contribution in [0.3, 0.4) is 0 Å². The fourth-order valence-corrected chi connectivity index (χ4v) is 2.47. The highest BCUT2D eigenvalue weighted by molar-refractivity contribution is 6.05. The standard InChI is InChI=1S/C17H14N2O4/c1-10-5-7-11(8-6-10)15-18-13(16(20)21)14-12(17(22)23-2)4-3-9-19(14)15/h3-9H,1-2H3,(H,20,21). The highest BCUT2D eigenvalue weighted by Gasteiger charge is 2.23. The number of carbonyl (C=O) groups is 2. The smallest absolute Gasteiger partial charge is 0.356 e. The maximum absolute atomic E-state index is 11.9. The Balaban J connectivity index is 2.35. The topological polar surface area (TPSA) is 80.9 Å². The Kier molecular flexibility index (Phi) is 3.57. The van der Waals surface area contributed by atoms with Gasteiger partial charge in [0, 0.05) is 11.8 Å². The Morgan fingerprint density at radius 2 is 1.87 bits per heavy atom. The third-order valence-electron chi connectivity index (χ3n) is 3.58. The van der Waals surface area contributed by atoms with Crippen molar-refractivity contribution >= 4 is 17.5 Å². The number of aromatic nitrogens is 2. The van der Waals surface area contributed by atoms with Gasteiger partial charge in [-0.1, -0.05) is 29.8 Å². The lowest BCUT2D eigenvalue weighted by Crippen LogP contribution is -2.06. The highest BCUT2D eigenvalue weighted by atomic mass is 16.5. The second-order valence-electron chi connectivity index (χ2n) is 5.09. The molecule has 6 nitrogen and oxygen atoms in total. The molecule has 0 unspecified atom stereocenters. The molecule has 0 saturated heterocycles. The van der Waals surface area contributed by atoms with E-state index in [-0.39, 0.29) is 16.8 Å². The zero-order valence-electron chi connectivity index (χ0n) is 12.6. The number of hydrogen-bond donors (Lipinski definition) is 1. The van der Waals surface area contributed by atoms with E-state index in [2.05, 4.69) is 4.98 Å². The fraction of sp³-hybridized carbons (Fsp3) is 0.118. The van der Waals surface area contributed by atoms with Crippen LogP contribution in [-0.4, -0.2) is 33.5 Å². The van der Waals surface area contributed by atoms with Gasteiger partial charge in [0.15, 0.2) is 5.69 Å². The van der Waals surface area contributed by atoms with Gasteiger partial charge in [-0.15, -0.1) is 0 Å². The normalized spacial score (nSPS) is 10.7. The molecule has 0 aliphatic rings. The fourth-order valence-electron chi connectivity index (χ4n) is 2.47. The van der Waals surface area contributed by atoms with Crippen LogP contribution in [0.4, 0.5) is 0 Å². The first-order chi connectivity index (χ1) is 11.0. The Bertz CT molecular complexity index is 910. The third kappa shape index (κ3) is 2.44. The average Bonchev–Trinajstić information content (AvgIpc) is 2.95. The number of imidazole rings is 1. The Morgan fingerprint density at radius 3 is 2.48 bits per heavy atom. The Hall–Kier alpha value is -3.15. The third-order valence-corrected chi connectivity index (χ3v) is 3.58. The second kappa shape index (κ2) is 5.57. The molecule has 2 aromatic heterocycles. The van der Waals surface area contributed by atoms with Crippen LogP contribution in [0, 0.1) is 6.92 Å². The number of fused-ring (bicyclic) bond motifs is 1. The van der Waals surface area contributed by atoms with E-state index < -0.39 is 11.9 Å². The zero-order chi connectivity index (χ0) is 16.6. The number of ether oxygens (including phenoxy) is 1. The van der Waals surface area contributed by atoms with Crippen molar-refractivity contribution in [3.05, 3.63) is 59.4 Å². The minimum absolute atomic E-state index is 0.165. The maximum Gasteiger partial charge on any atom is 0.356 e. The first-order valence-electron chi connectivity index (χ1n) is 6.92. The number of carboxylic acids is 1. The molecular weight excluding hydrogens is 296 g/mol. The Labute approximate surface area is 132 Å². The van der Waals surface area contributed by atoms with Crippen molar-refractivity contribution in [1.82, 2.24) is 9.38 Å². The molecule has 1 N–H and O–H groups in total. The highest BCUT2D eigenvalue weighted by Crippen LogP contribution is 2.26. The summed E-state index contributed by atoms with van der Waals surface area (Å²) < 4.78 is 6.33. The van der Waals surface area contributed by atoms with Crippen LogP contribution in [0.5, 0.6) is 0 Å². The molecular formula is C17H14N2O4. The summed E-state index contributed by atoms with van der Waals surface area (Å²) >= 11 is 0. The number of esters is 1. The summed E-state index contributed by atoms with van der Waals surface area (Å²) in [5.74, 6) is -1.34. The van der Waals surface area contributed by atoms with Crippen molar-refractivity contribution in [2.45, 2.75) is 6.92 Å². The van der Waals surface area contributed by atoms with Crippen LogP contribution in [0.25, 0.3) is 16.9 Å². The molecule has 0 aliphatic heterocycles. The van der Waals surface area contributed by atoms with E-state index in [1.54, 1.807) is 16.7 Å². The molecule has 1 aromatic carbocycles. The molecule has 0 bridgehead atoms. The monoisotopic (exact) mass is 310 g/mol. The summed E-state index contributed by atoms with van der Waals surface area (Å²) in [6.45, 7) is 1.96. The first kappa shape index (κ1) is 14.8. The lowest BCUT2D eigenvalue weighted by molar-refractivity contribution is 0.0602. The minimum Gasteiger partial charge on any atom is -0.476 e. The van der Waals surface area contributed by atoms with Crippen molar-refractivity contribution < 1.29 is 19.4 Å². The summed E-state index contributed by atoms with van der Waals surface area (Å²) in [7, 11) is 1.25. The van der Waals surface area contributed by atoms with Gasteiger partial charge >= 0.3 is 11.9 Å². The lowest BCUT2D eigenvalue weighted by atomic mass is 10.1. The summed E-state index contributed by atoms with van der Waals surface area (Å²) in [5.41, 5.74) is 2.06. The van der Waals surface area contributed by atoms with E-state index >= 15 is 0 Å². The van der Waals surface area contributed by atoms with Crippen molar-refractivity contribution in [3.63, 3.8) is 0 Å². The zero-order valence-corrected chi connectivity index (χ0v) is 12.6. The van der Waals surface area contributed by atoms with E-state index in [0.29, 0.717) is 5.82 Å². The van der Waals surface area contributed by atoms with Gasteiger partial charge in [-0.3, -0.25) is 4.40 Å². The van der Waals surface area contributed by atoms with Crippen molar-refractivity contribution in [2.24, 2.45) is 0 Å². The van der Waals surface area contributed by atoms with Gasteiger partial charge in [0.1, 0.15) is 5.82 Å². The van der Waals surface area contributed by atoms with Gasteiger partial charge in [0.05, 0.1) is 18.2 Å². The molecule has 0 saturated carbocycles. The van der Waals surface area contributed by atoms with Gasteiger partial charge in [0.25, 0.3) is 0 Å². The van der Waals surface area contributed by atoms with E-state index in [4.69, 9.17) is 4.74 Å². The number of carbonyl (C=O) groups excluding carboxylic acids is 1. The second-order valence-corrected chi connectivity index (χ2v) is 5.09. The number of carboxylic acid groups (broad SMARTS) is 1. The molecule has 0 spiro atoms. The predicted molar refractivity (Wildman–Crippen MR) is 83.7 cm³/mol. The van der Waals surface area contributed by atoms with E-state index in [9.17, 15) is 14.7 Å². The lowest BCUT2D eigenvalue weighted by Gasteiger charge is -2.05. The van der Waals surface area contributed by atoms with Gasteiger partial charge in [-0.2, -0.15) is 0 Å². The first-order valence-corrected chi connectivity index (χ1v) is 6.92. The van der Waals surface area contributed by atoms with E-state index in [1.807, 2.05) is 31.2 Å². The van der Waals surface area contributed by atoms with E-state index in [0.717, 1.165) is 11.1 Å². The summed E-state index contributed by atoms with van der Waals surface area (Å²) in [5, 5.41) is 9.44. The SMILES string of the molecule is COC(=O)c1cccn2c(-c3ccc(C)cc3)nc(C(=O)O)c12. The summed E-state index contributed by atoms with van der Waals surface area (Å²) in [4.78, 5) is 27.7. The average molecular weight is 310 g/mol. The molecule has 116 valence electrons. The number of nitrogens with zero attached hydrogens (tertiary/aromatic N) is 2. The number of hydrogen-bond acceptors (Lipinski definition) is 4.